The summed E-state index contributed by atoms with van der Waals surface area (Å²) in [5.74, 6) is -2.68. The smallest absolute Gasteiger partial charge is 0.355 e. The second-order valence-electron chi connectivity index (χ2n) is 9.06. The van der Waals surface area contributed by atoms with Crippen molar-refractivity contribution in [3.8, 4) is 5.69 Å². The molecule has 3 N–H and O–H groups in total. The van der Waals surface area contributed by atoms with E-state index in [0.29, 0.717) is 9.70 Å². The van der Waals surface area contributed by atoms with Crippen LogP contribution in [0.5, 0.6) is 0 Å². The van der Waals surface area contributed by atoms with Crippen molar-refractivity contribution in [1.82, 2.24) is 14.3 Å². The van der Waals surface area contributed by atoms with Crippen LogP contribution in [-0.2, 0) is 19.6 Å². The van der Waals surface area contributed by atoms with Gasteiger partial charge in [-0.1, -0.05) is 46.4 Å². The van der Waals surface area contributed by atoms with Crippen LogP contribution < -0.4 is 15.4 Å². The van der Waals surface area contributed by atoms with Gasteiger partial charge < -0.3 is 10.2 Å². The van der Waals surface area contributed by atoms with E-state index in [9.17, 15) is 36.7 Å². The number of alkyl halides is 2. The number of carboxylic acids is 2. The summed E-state index contributed by atoms with van der Waals surface area (Å²) in [7, 11) is -3.65. The second-order valence-corrected chi connectivity index (χ2v) is 12.5. The first-order chi connectivity index (χ1) is 19.8. The van der Waals surface area contributed by atoms with Crippen molar-refractivity contribution in [3.05, 3.63) is 66.7 Å². The number of benzene rings is 2. The van der Waals surface area contributed by atoms with Gasteiger partial charge in [0, 0.05) is 11.4 Å². The molecule has 20 heteroatoms. The Morgan fingerprint density at radius 2 is 1.65 bits per heavy atom. The lowest BCUT2D eigenvalue weighted by Gasteiger charge is -2.30. The average molecular weight is 704 g/mol. The molecule has 0 fully saturated rings. The molecule has 0 saturated carbocycles. The third-order valence-corrected chi connectivity index (χ3v) is 7.53. The molecule has 13 nitrogen and oxygen atoms in total. The van der Waals surface area contributed by atoms with Gasteiger partial charge >= 0.3 is 24.2 Å². The molecule has 2 aromatic carbocycles. The van der Waals surface area contributed by atoms with E-state index >= 15 is 0 Å². The Kier molecular flexibility index (Phi) is 10.0. The number of aryl methyl sites for hydroxylation is 1. The van der Waals surface area contributed by atoms with Crippen molar-refractivity contribution in [1.29, 1.82) is 0 Å². The Morgan fingerprint density at radius 3 is 2.14 bits per heavy atom. The fraction of sp³-hybridized carbons (Fsp3) is 0.261. The number of carboxylic acid groups (broad SMARTS) is 2. The molecule has 232 valence electrons. The van der Waals surface area contributed by atoms with Crippen molar-refractivity contribution >= 4 is 85.5 Å². The molecule has 0 bridgehead atoms. The number of nitrogens with one attached hydrogen (secondary N) is 1. The summed E-state index contributed by atoms with van der Waals surface area (Å²) in [6, 6.07) is 6.78. The summed E-state index contributed by atoms with van der Waals surface area (Å²) in [4.78, 5) is 34.5. The van der Waals surface area contributed by atoms with E-state index < -0.39 is 39.7 Å². The molecule has 0 amide bonds. The molecular weight excluding hydrogens is 684 g/mol. The molecule has 1 aliphatic rings. The highest BCUT2D eigenvalue weighted by Gasteiger charge is 2.48. The Labute approximate surface area is 261 Å². The van der Waals surface area contributed by atoms with Gasteiger partial charge in [-0.2, -0.15) is 18.6 Å². The quantitative estimate of drug-likeness (QED) is 0.309. The maximum atomic E-state index is 12.8. The molecule has 4 rings (SSSR count). The van der Waals surface area contributed by atoms with E-state index in [1.54, 1.807) is 0 Å². The van der Waals surface area contributed by atoms with E-state index in [2.05, 4.69) is 14.9 Å². The van der Waals surface area contributed by atoms with Gasteiger partial charge in [0.2, 0.25) is 10.0 Å². The van der Waals surface area contributed by atoms with Gasteiger partial charge in [0.1, 0.15) is 11.5 Å². The highest BCUT2D eigenvalue weighted by atomic mass is 35.5. The molecule has 2 heterocycles. The topological polar surface area (TPSA) is 176 Å². The molecule has 1 aliphatic heterocycles. The van der Waals surface area contributed by atoms with Crippen molar-refractivity contribution in [2.45, 2.75) is 32.4 Å². The van der Waals surface area contributed by atoms with Crippen LogP contribution in [0.15, 0.2) is 40.2 Å². The fourth-order valence-corrected chi connectivity index (χ4v) is 5.38. The standard InChI is InChI=1S/C12H10Cl2N2O4.C11H10Cl2F2N4O3S/c1-12(11(19)20)5-8(10(17)18)15-16(12)9-3-2-6(13)4-7(9)14;1-5-16-19(11(20)18(5)10(14)15)9-4-8(17-23(2,21)22)6(12)3-7(9)13/h2-4H,5H2,1H3,(H,17,18)(H,19,20);3-4,10,17H,1-2H3. The maximum absolute atomic E-state index is 12.8. The third-order valence-electron chi connectivity index (χ3n) is 5.78. The number of rotatable bonds is 7. The lowest BCUT2D eigenvalue weighted by Crippen LogP contribution is -2.47. The molecule has 43 heavy (non-hydrogen) atoms. The summed E-state index contributed by atoms with van der Waals surface area (Å²) in [5, 5.41) is 27.6. The number of carbonyl (C=O) groups is 2. The zero-order valence-corrected chi connectivity index (χ0v) is 25.9. The molecule has 1 unspecified atom stereocenters. The minimum atomic E-state index is -3.65. The predicted molar refractivity (Wildman–Crippen MR) is 157 cm³/mol. The Balaban J connectivity index is 0.000000238. The van der Waals surface area contributed by atoms with Crippen LogP contribution in [0.25, 0.3) is 5.69 Å². The van der Waals surface area contributed by atoms with Crippen LogP contribution in [0.3, 0.4) is 0 Å². The van der Waals surface area contributed by atoms with Gasteiger partial charge in [0.05, 0.1) is 38.4 Å². The lowest BCUT2D eigenvalue weighted by atomic mass is 9.95. The van der Waals surface area contributed by atoms with E-state index in [-0.39, 0.29) is 54.7 Å². The van der Waals surface area contributed by atoms with E-state index in [0.717, 1.165) is 17.3 Å². The number of anilines is 2. The molecule has 1 aromatic heterocycles. The van der Waals surface area contributed by atoms with Gasteiger partial charge in [-0.25, -0.2) is 32.4 Å². The molecule has 0 aliphatic carbocycles. The number of sulfonamides is 1. The zero-order chi connectivity index (χ0) is 32.6. The minimum Gasteiger partial charge on any atom is -0.479 e. The van der Waals surface area contributed by atoms with Crippen LogP contribution in [0, 0.1) is 6.92 Å². The third kappa shape index (κ3) is 7.38. The molecule has 0 spiro atoms. The molecular formula is C23H20Cl4F2N6O7S. The molecule has 3 aromatic rings. The Bertz CT molecular complexity index is 1820. The van der Waals surface area contributed by atoms with Crippen LogP contribution >= 0.6 is 46.4 Å². The van der Waals surface area contributed by atoms with Gasteiger partial charge in [-0.3, -0.25) is 4.72 Å². The van der Waals surface area contributed by atoms with Crippen LogP contribution in [-0.4, -0.2) is 62.4 Å². The Hall–Kier alpha value is -3.44. The van der Waals surface area contributed by atoms with Crippen molar-refractivity contribution in [2.75, 3.05) is 16.0 Å². The van der Waals surface area contributed by atoms with Crippen LogP contribution in [0.1, 0.15) is 25.7 Å². The number of hydrazone groups is 1. The van der Waals surface area contributed by atoms with Gasteiger partial charge in [-0.15, -0.1) is 5.10 Å². The molecule has 1 atom stereocenters. The first-order valence-electron chi connectivity index (χ1n) is 11.5. The van der Waals surface area contributed by atoms with E-state index in [1.807, 2.05) is 0 Å². The monoisotopic (exact) mass is 702 g/mol. The molecule has 0 radical (unpaired) electrons. The molecule has 0 saturated heterocycles. The van der Waals surface area contributed by atoms with Gasteiger partial charge in [0.25, 0.3) is 0 Å². The lowest BCUT2D eigenvalue weighted by molar-refractivity contribution is -0.142. The van der Waals surface area contributed by atoms with Crippen LogP contribution in [0.4, 0.5) is 20.2 Å². The first kappa shape index (κ1) is 34.1. The highest BCUT2D eigenvalue weighted by molar-refractivity contribution is 7.92. The fourth-order valence-electron chi connectivity index (χ4n) is 3.76. The number of hydrogen-bond donors (Lipinski definition) is 3. The maximum Gasteiger partial charge on any atom is 0.355 e. The summed E-state index contributed by atoms with van der Waals surface area (Å²) in [5.41, 5.74) is -2.73. The minimum absolute atomic E-state index is 0.0257. The number of aliphatic carboxylic acids is 2. The number of halogens is 6. The van der Waals surface area contributed by atoms with Crippen molar-refractivity contribution < 1.29 is 37.0 Å². The highest BCUT2D eigenvalue weighted by Crippen LogP contribution is 2.38. The summed E-state index contributed by atoms with van der Waals surface area (Å²) < 4.78 is 51.3. The largest absolute Gasteiger partial charge is 0.479 e. The number of hydrogen-bond acceptors (Lipinski definition) is 8. The predicted octanol–water partition coefficient (Wildman–Crippen LogP) is 4.90. The first-order valence-corrected chi connectivity index (χ1v) is 14.9. The van der Waals surface area contributed by atoms with E-state index in [1.165, 1.54) is 38.1 Å². The summed E-state index contributed by atoms with van der Waals surface area (Å²) in [6.45, 7) is -0.459. The SMILES string of the molecule is CC1(C(=O)O)CC(C(=O)O)=NN1c1ccc(Cl)cc1Cl.Cc1nn(-c2cc(NS(C)(=O)=O)c(Cl)cc2Cl)c(=O)n1C(F)F. The van der Waals surface area contributed by atoms with Gasteiger partial charge in [0.15, 0.2) is 5.54 Å². The van der Waals surface area contributed by atoms with E-state index in [4.69, 9.17) is 51.5 Å². The number of aromatic nitrogens is 3. The Morgan fingerprint density at radius 1 is 1.05 bits per heavy atom. The zero-order valence-electron chi connectivity index (χ0n) is 22.0. The number of nitrogens with zero attached hydrogens (tertiary/aromatic N) is 5. The van der Waals surface area contributed by atoms with Crippen molar-refractivity contribution in [3.63, 3.8) is 0 Å². The normalized spacial score (nSPS) is 16.5. The average Bonchev–Trinajstić information content (AvgIpc) is 3.37. The van der Waals surface area contributed by atoms with Crippen LogP contribution in [0.2, 0.25) is 20.1 Å². The summed E-state index contributed by atoms with van der Waals surface area (Å²) >= 11 is 23.7. The van der Waals surface area contributed by atoms with Gasteiger partial charge in [-0.05, 0) is 44.2 Å². The second kappa shape index (κ2) is 12.7. The summed E-state index contributed by atoms with van der Waals surface area (Å²) in [6.07, 6.45) is 0.677. The van der Waals surface area contributed by atoms with Crippen molar-refractivity contribution in [2.24, 2.45) is 5.10 Å².